The summed E-state index contributed by atoms with van der Waals surface area (Å²) in [6.45, 7) is 11.1. The van der Waals surface area contributed by atoms with Crippen molar-refractivity contribution >= 4 is 11.9 Å². The zero-order valence-electron chi connectivity index (χ0n) is 13.6. The summed E-state index contributed by atoms with van der Waals surface area (Å²) in [6.07, 6.45) is 4.90. The number of nitrogens with zero attached hydrogens (tertiary/aromatic N) is 1. The summed E-state index contributed by atoms with van der Waals surface area (Å²) >= 11 is 0. The van der Waals surface area contributed by atoms with Crippen molar-refractivity contribution < 1.29 is 4.79 Å². The molecule has 3 N–H and O–H groups in total. The number of aliphatic imine (C=N–C) groups is 1. The second kappa shape index (κ2) is 12.8. The highest BCUT2D eigenvalue weighted by Gasteiger charge is 2.04. The molecule has 0 aromatic rings. The lowest BCUT2D eigenvalue weighted by Crippen LogP contribution is -2.42. The van der Waals surface area contributed by atoms with E-state index in [1.165, 1.54) is 19.3 Å². The van der Waals surface area contributed by atoms with Crippen LogP contribution in [0, 0.1) is 5.92 Å². The van der Waals surface area contributed by atoms with Crippen molar-refractivity contribution in [3.63, 3.8) is 0 Å². The van der Waals surface area contributed by atoms with E-state index in [0.717, 1.165) is 25.5 Å². The number of amides is 1. The number of carbonyl (C=O) groups is 1. The third-order valence-corrected chi connectivity index (χ3v) is 2.87. The van der Waals surface area contributed by atoms with E-state index in [0.29, 0.717) is 13.1 Å². The van der Waals surface area contributed by atoms with Gasteiger partial charge in [-0.1, -0.05) is 40.0 Å². The van der Waals surface area contributed by atoms with E-state index >= 15 is 0 Å². The molecule has 0 saturated carbocycles. The van der Waals surface area contributed by atoms with Crippen LogP contribution < -0.4 is 16.0 Å². The smallest absolute Gasteiger partial charge is 0.222 e. The summed E-state index contributed by atoms with van der Waals surface area (Å²) in [5.41, 5.74) is 0. The van der Waals surface area contributed by atoms with E-state index in [1.54, 1.807) is 0 Å². The van der Waals surface area contributed by atoms with E-state index in [2.05, 4.69) is 34.8 Å². The van der Waals surface area contributed by atoms with E-state index in [9.17, 15) is 4.79 Å². The van der Waals surface area contributed by atoms with Gasteiger partial charge in [-0.15, -0.1) is 0 Å². The van der Waals surface area contributed by atoms with Crippen LogP contribution in [0.15, 0.2) is 4.99 Å². The highest BCUT2D eigenvalue weighted by atomic mass is 16.1. The summed E-state index contributed by atoms with van der Waals surface area (Å²) in [6, 6.07) is 0. The average Bonchev–Trinajstić information content (AvgIpc) is 2.42. The molecule has 0 aliphatic heterocycles. The van der Waals surface area contributed by atoms with Gasteiger partial charge in [0.15, 0.2) is 5.96 Å². The molecule has 0 heterocycles. The molecule has 1 amide bonds. The second-order valence-corrected chi connectivity index (χ2v) is 5.19. The Labute approximate surface area is 124 Å². The first-order valence-corrected chi connectivity index (χ1v) is 7.91. The second-order valence-electron chi connectivity index (χ2n) is 5.19. The largest absolute Gasteiger partial charge is 0.357 e. The molecule has 118 valence electrons. The zero-order valence-corrected chi connectivity index (χ0v) is 13.6. The van der Waals surface area contributed by atoms with Crippen LogP contribution in [-0.2, 0) is 4.79 Å². The number of rotatable bonds is 10. The minimum atomic E-state index is 0.0375. The number of carbonyl (C=O) groups excluding carboxylic acids is 1. The fourth-order valence-corrected chi connectivity index (χ4v) is 1.64. The summed E-state index contributed by atoms with van der Waals surface area (Å²) in [5, 5.41) is 9.32. The van der Waals surface area contributed by atoms with Crippen molar-refractivity contribution in [2.75, 3.05) is 26.2 Å². The molecule has 0 aromatic carbocycles. The minimum absolute atomic E-state index is 0.0375. The van der Waals surface area contributed by atoms with Crippen molar-refractivity contribution in [3.05, 3.63) is 0 Å². The Balaban J connectivity index is 3.83. The van der Waals surface area contributed by atoms with Crippen LogP contribution in [0.1, 0.15) is 53.4 Å². The van der Waals surface area contributed by atoms with E-state index in [4.69, 9.17) is 0 Å². The van der Waals surface area contributed by atoms with E-state index < -0.39 is 0 Å². The van der Waals surface area contributed by atoms with Gasteiger partial charge < -0.3 is 16.0 Å². The Hall–Kier alpha value is -1.26. The summed E-state index contributed by atoms with van der Waals surface area (Å²) in [4.78, 5) is 15.9. The maximum atomic E-state index is 11.4. The molecule has 0 atom stereocenters. The molecule has 0 aliphatic rings. The SMILES string of the molecule is CCCCCCN=C(NCC)NCCNC(=O)C(C)C. The van der Waals surface area contributed by atoms with Crippen molar-refractivity contribution in [2.24, 2.45) is 10.9 Å². The average molecular weight is 284 g/mol. The maximum Gasteiger partial charge on any atom is 0.222 e. The molecule has 0 aliphatic carbocycles. The van der Waals surface area contributed by atoms with Crippen LogP contribution in [0.4, 0.5) is 0 Å². The first kappa shape index (κ1) is 18.7. The van der Waals surface area contributed by atoms with Crippen molar-refractivity contribution in [1.29, 1.82) is 0 Å². The first-order chi connectivity index (χ1) is 9.61. The quantitative estimate of drug-likeness (QED) is 0.326. The summed E-state index contributed by atoms with van der Waals surface area (Å²) < 4.78 is 0. The first-order valence-electron chi connectivity index (χ1n) is 7.91. The van der Waals surface area contributed by atoms with Crippen molar-refractivity contribution in [1.82, 2.24) is 16.0 Å². The van der Waals surface area contributed by atoms with Gasteiger partial charge in [0.1, 0.15) is 0 Å². The molecule has 0 spiro atoms. The zero-order chi connectivity index (χ0) is 15.2. The summed E-state index contributed by atoms with van der Waals surface area (Å²) in [5.74, 6) is 0.964. The molecule has 0 fully saturated rings. The minimum Gasteiger partial charge on any atom is -0.357 e. The van der Waals surface area contributed by atoms with Gasteiger partial charge in [-0.3, -0.25) is 9.79 Å². The lowest BCUT2D eigenvalue weighted by molar-refractivity contribution is -0.123. The predicted molar refractivity (Wildman–Crippen MR) is 86.0 cm³/mol. The molecule has 0 unspecified atom stereocenters. The maximum absolute atomic E-state index is 11.4. The number of hydrogen-bond donors (Lipinski definition) is 3. The van der Waals surface area contributed by atoms with Gasteiger partial charge in [0, 0.05) is 32.1 Å². The number of unbranched alkanes of at least 4 members (excludes halogenated alkanes) is 3. The van der Waals surface area contributed by atoms with Crippen LogP contribution in [0.5, 0.6) is 0 Å². The van der Waals surface area contributed by atoms with E-state index in [-0.39, 0.29) is 11.8 Å². The van der Waals surface area contributed by atoms with Crippen LogP contribution >= 0.6 is 0 Å². The van der Waals surface area contributed by atoms with Crippen LogP contribution in [0.3, 0.4) is 0 Å². The molecular weight excluding hydrogens is 252 g/mol. The highest BCUT2D eigenvalue weighted by molar-refractivity contribution is 5.80. The molecule has 0 radical (unpaired) electrons. The van der Waals surface area contributed by atoms with Gasteiger partial charge in [-0.2, -0.15) is 0 Å². The molecule has 5 heteroatoms. The fourth-order valence-electron chi connectivity index (χ4n) is 1.64. The Morgan fingerprint density at radius 3 is 2.30 bits per heavy atom. The monoisotopic (exact) mass is 284 g/mol. The molecular formula is C15H32N4O. The normalized spacial score (nSPS) is 11.6. The lowest BCUT2D eigenvalue weighted by Gasteiger charge is -2.12. The third-order valence-electron chi connectivity index (χ3n) is 2.87. The molecule has 20 heavy (non-hydrogen) atoms. The Kier molecular flexibility index (Phi) is 12.0. The standard InChI is InChI=1S/C15H32N4O/c1-5-7-8-9-10-18-15(16-6-2)19-12-11-17-14(20)13(3)4/h13H,5-12H2,1-4H3,(H,17,20)(H2,16,18,19). The Morgan fingerprint density at radius 2 is 1.70 bits per heavy atom. The molecule has 0 saturated heterocycles. The van der Waals surface area contributed by atoms with Crippen LogP contribution in [0.2, 0.25) is 0 Å². The fraction of sp³-hybridized carbons (Fsp3) is 0.867. The lowest BCUT2D eigenvalue weighted by atomic mass is 10.2. The van der Waals surface area contributed by atoms with Crippen molar-refractivity contribution in [2.45, 2.75) is 53.4 Å². The van der Waals surface area contributed by atoms with Gasteiger partial charge in [0.25, 0.3) is 0 Å². The van der Waals surface area contributed by atoms with E-state index in [1.807, 2.05) is 13.8 Å². The van der Waals surface area contributed by atoms with Crippen molar-refractivity contribution in [3.8, 4) is 0 Å². The molecule has 0 bridgehead atoms. The van der Waals surface area contributed by atoms with Gasteiger partial charge in [0.2, 0.25) is 5.91 Å². The van der Waals surface area contributed by atoms with Crippen LogP contribution in [0.25, 0.3) is 0 Å². The molecule has 0 aromatic heterocycles. The van der Waals surface area contributed by atoms with Gasteiger partial charge in [-0.25, -0.2) is 0 Å². The predicted octanol–water partition coefficient (Wildman–Crippen LogP) is 1.89. The van der Waals surface area contributed by atoms with Crippen LogP contribution in [-0.4, -0.2) is 38.0 Å². The molecule has 5 nitrogen and oxygen atoms in total. The number of nitrogens with one attached hydrogen (secondary N) is 3. The third kappa shape index (κ3) is 10.6. The number of guanidine groups is 1. The highest BCUT2D eigenvalue weighted by Crippen LogP contribution is 1.98. The van der Waals surface area contributed by atoms with Gasteiger partial charge in [0.05, 0.1) is 0 Å². The topological polar surface area (TPSA) is 65.5 Å². The molecule has 0 rings (SSSR count). The summed E-state index contributed by atoms with van der Waals surface area (Å²) in [7, 11) is 0. The Morgan fingerprint density at radius 1 is 1.00 bits per heavy atom. The van der Waals surface area contributed by atoms with Gasteiger partial charge in [-0.05, 0) is 13.3 Å². The number of hydrogen-bond acceptors (Lipinski definition) is 2. The Bertz CT molecular complexity index is 277. The van der Waals surface area contributed by atoms with Gasteiger partial charge >= 0.3 is 0 Å².